The number of imidazole rings is 1. The zero-order valence-electron chi connectivity index (χ0n) is 16.9. The number of hydrogen-bond acceptors (Lipinski definition) is 4. The smallest absolute Gasteiger partial charge is 0.262 e. The summed E-state index contributed by atoms with van der Waals surface area (Å²) in [5, 5.41) is 2.78. The van der Waals surface area contributed by atoms with E-state index in [0.717, 1.165) is 17.3 Å². The van der Waals surface area contributed by atoms with Gasteiger partial charge >= 0.3 is 0 Å². The fourth-order valence-corrected chi connectivity index (χ4v) is 3.93. The molecule has 0 spiro atoms. The molecule has 3 aromatic rings. The highest BCUT2D eigenvalue weighted by Crippen LogP contribution is 2.26. The Bertz CT molecular complexity index is 1030. The van der Waals surface area contributed by atoms with Gasteiger partial charge in [-0.25, -0.2) is 4.98 Å². The van der Waals surface area contributed by atoms with Gasteiger partial charge in [0.1, 0.15) is 5.75 Å². The Balaban J connectivity index is 1.35. The van der Waals surface area contributed by atoms with Crippen LogP contribution in [0.2, 0.25) is 0 Å². The molecule has 1 fully saturated rings. The van der Waals surface area contributed by atoms with Crippen LogP contribution in [-0.4, -0.2) is 46.0 Å². The second-order valence-electron chi connectivity index (χ2n) is 7.37. The molecule has 2 aromatic carbocycles. The fourth-order valence-electron chi connectivity index (χ4n) is 3.67. The van der Waals surface area contributed by atoms with E-state index in [1.165, 1.54) is 0 Å². The molecule has 0 aliphatic carbocycles. The summed E-state index contributed by atoms with van der Waals surface area (Å²) >= 11 is 3.36. The summed E-state index contributed by atoms with van der Waals surface area (Å²) < 4.78 is 8.74. The van der Waals surface area contributed by atoms with E-state index in [-0.39, 0.29) is 18.4 Å². The number of nitrogens with zero attached hydrogens (tertiary/aromatic N) is 3. The van der Waals surface area contributed by atoms with Crippen molar-refractivity contribution < 1.29 is 14.3 Å². The van der Waals surface area contributed by atoms with Crippen molar-refractivity contribution in [3.8, 4) is 5.75 Å². The van der Waals surface area contributed by atoms with Crippen LogP contribution < -0.4 is 10.1 Å². The first-order valence-electron chi connectivity index (χ1n) is 10.1. The van der Waals surface area contributed by atoms with Crippen molar-refractivity contribution in [2.75, 3.05) is 25.0 Å². The minimum absolute atomic E-state index is 0.0759. The number of ether oxygens (including phenoxy) is 1. The fraction of sp³-hybridized carbons (Fsp3) is 0.261. The van der Waals surface area contributed by atoms with Crippen LogP contribution >= 0.6 is 15.9 Å². The largest absolute Gasteiger partial charge is 0.483 e. The maximum Gasteiger partial charge on any atom is 0.262 e. The number of amides is 2. The molecule has 1 aliphatic rings. The van der Waals surface area contributed by atoms with Crippen molar-refractivity contribution >= 4 is 33.4 Å². The molecule has 0 saturated carbocycles. The first-order chi connectivity index (χ1) is 15.1. The van der Waals surface area contributed by atoms with E-state index < -0.39 is 0 Å². The van der Waals surface area contributed by atoms with Crippen LogP contribution in [0.5, 0.6) is 5.75 Å². The average Bonchev–Trinajstić information content (AvgIpc) is 3.34. The van der Waals surface area contributed by atoms with Crippen LogP contribution in [0.1, 0.15) is 29.2 Å². The molecule has 31 heavy (non-hydrogen) atoms. The lowest BCUT2D eigenvalue weighted by Gasteiger charge is -2.32. The van der Waals surface area contributed by atoms with Crippen LogP contribution in [0.25, 0.3) is 0 Å². The number of aromatic nitrogens is 2. The first kappa shape index (κ1) is 21.1. The molecule has 0 atom stereocenters. The summed E-state index contributed by atoms with van der Waals surface area (Å²) in [6.07, 6.45) is 7.31. The first-order valence-corrected chi connectivity index (χ1v) is 10.9. The van der Waals surface area contributed by atoms with Crippen molar-refractivity contribution in [2.45, 2.75) is 18.9 Å². The van der Waals surface area contributed by atoms with Gasteiger partial charge in [0.2, 0.25) is 0 Å². The topological polar surface area (TPSA) is 76.5 Å². The minimum atomic E-state index is -0.286. The number of likely N-dealkylation sites (tertiary alicyclic amines) is 1. The quantitative estimate of drug-likeness (QED) is 0.572. The van der Waals surface area contributed by atoms with Crippen molar-refractivity contribution in [1.82, 2.24) is 14.5 Å². The summed E-state index contributed by atoms with van der Waals surface area (Å²) in [6.45, 7) is 1.16. The van der Waals surface area contributed by atoms with E-state index >= 15 is 0 Å². The maximum atomic E-state index is 13.1. The molecule has 1 saturated heterocycles. The van der Waals surface area contributed by atoms with Crippen LogP contribution in [-0.2, 0) is 4.79 Å². The predicted octanol–water partition coefficient (Wildman–Crippen LogP) is 4.14. The Morgan fingerprint density at radius 1 is 1.10 bits per heavy atom. The summed E-state index contributed by atoms with van der Waals surface area (Å²) in [7, 11) is 0. The molecular weight excluding hydrogens is 460 g/mol. The second-order valence-corrected chi connectivity index (χ2v) is 8.29. The number of carbonyl (C=O) groups excluding carboxylic acids is 2. The van der Waals surface area contributed by atoms with E-state index in [1.54, 1.807) is 42.6 Å². The number of anilines is 1. The monoisotopic (exact) mass is 482 g/mol. The Morgan fingerprint density at radius 3 is 2.55 bits per heavy atom. The lowest BCUT2D eigenvalue weighted by molar-refractivity contribution is -0.118. The molecule has 0 bridgehead atoms. The molecule has 2 heterocycles. The maximum absolute atomic E-state index is 13.1. The van der Waals surface area contributed by atoms with E-state index in [2.05, 4.69) is 30.8 Å². The molecular formula is C23H23BrN4O3. The van der Waals surface area contributed by atoms with Crippen LogP contribution in [0.4, 0.5) is 5.69 Å². The zero-order chi connectivity index (χ0) is 21.6. The normalized spacial score (nSPS) is 14.3. The second kappa shape index (κ2) is 9.78. The highest BCUT2D eigenvalue weighted by atomic mass is 79.9. The van der Waals surface area contributed by atoms with Gasteiger partial charge in [0, 0.05) is 41.7 Å². The van der Waals surface area contributed by atoms with E-state index in [0.29, 0.717) is 36.1 Å². The third-order valence-electron chi connectivity index (χ3n) is 5.30. The molecule has 1 N–H and O–H groups in total. The molecule has 4 rings (SSSR count). The molecule has 1 aromatic heterocycles. The predicted molar refractivity (Wildman–Crippen MR) is 121 cm³/mol. The lowest BCUT2D eigenvalue weighted by Crippen LogP contribution is -2.39. The molecule has 160 valence electrons. The van der Waals surface area contributed by atoms with Gasteiger partial charge in [-0.3, -0.25) is 9.59 Å². The molecule has 0 radical (unpaired) electrons. The highest BCUT2D eigenvalue weighted by Gasteiger charge is 2.26. The number of halogens is 1. The molecule has 1 aliphatic heterocycles. The Hall–Kier alpha value is -3.13. The van der Waals surface area contributed by atoms with E-state index in [4.69, 9.17) is 4.74 Å². The zero-order valence-corrected chi connectivity index (χ0v) is 18.5. The third-order valence-corrected chi connectivity index (χ3v) is 5.83. The van der Waals surface area contributed by atoms with Crippen LogP contribution in [0, 0.1) is 0 Å². The van der Waals surface area contributed by atoms with Crippen molar-refractivity contribution in [3.05, 3.63) is 77.3 Å². The van der Waals surface area contributed by atoms with E-state index in [1.807, 2.05) is 29.6 Å². The third kappa shape index (κ3) is 5.32. The minimum Gasteiger partial charge on any atom is -0.483 e. The van der Waals surface area contributed by atoms with Crippen molar-refractivity contribution in [1.29, 1.82) is 0 Å². The average molecular weight is 483 g/mol. The summed E-state index contributed by atoms with van der Waals surface area (Å²) in [4.78, 5) is 31.3. The van der Waals surface area contributed by atoms with Crippen molar-refractivity contribution in [3.63, 3.8) is 0 Å². The lowest BCUT2D eigenvalue weighted by atomic mass is 10.0. The van der Waals surface area contributed by atoms with Gasteiger partial charge in [-0.15, -0.1) is 0 Å². The highest BCUT2D eigenvalue weighted by molar-refractivity contribution is 9.10. The van der Waals surface area contributed by atoms with Gasteiger partial charge in [0.25, 0.3) is 11.8 Å². The number of nitrogens with one attached hydrogen (secondary N) is 1. The number of rotatable bonds is 6. The van der Waals surface area contributed by atoms with Gasteiger partial charge in [0.15, 0.2) is 6.61 Å². The van der Waals surface area contributed by atoms with Gasteiger partial charge in [-0.05, 0) is 49.2 Å². The van der Waals surface area contributed by atoms with Crippen LogP contribution in [0.15, 0.2) is 71.7 Å². The number of piperidine rings is 1. The summed E-state index contributed by atoms with van der Waals surface area (Å²) in [6, 6.07) is 14.7. The Kier molecular flexibility index (Phi) is 6.66. The van der Waals surface area contributed by atoms with E-state index in [9.17, 15) is 9.59 Å². The molecule has 8 heteroatoms. The van der Waals surface area contributed by atoms with Gasteiger partial charge in [-0.1, -0.05) is 28.1 Å². The number of hydrogen-bond donors (Lipinski definition) is 1. The van der Waals surface area contributed by atoms with Crippen LogP contribution in [0.3, 0.4) is 0 Å². The summed E-state index contributed by atoms with van der Waals surface area (Å²) in [5.74, 6) is 0.0499. The Labute approximate surface area is 189 Å². The van der Waals surface area contributed by atoms with Crippen molar-refractivity contribution in [2.24, 2.45) is 0 Å². The molecule has 7 nitrogen and oxygen atoms in total. The standard InChI is InChI=1S/C23H23BrN4O3/c24-17-5-7-18(8-6-17)26-22(29)15-31-21-4-2-1-3-20(21)23(30)27-12-9-19(10-13-27)28-14-11-25-16-28/h1-8,11,14,16,19H,9-10,12-13,15H2,(H,26,29). The van der Waals surface area contributed by atoms with Gasteiger partial charge in [-0.2, -0.15) is 0 Å². The number of para-hydroxylation sites is 1. The number of carbonyl (C=O) groups is 2. The SMILES string of the molecule is O=C(COc1ccccc1C(=O)N1CCC(n2ccnc2)CC1)Nc1ccc(Br)cc1. The number of benzene rings is 2. The summed E-state index contributed by atoms with van der Waals surface area (Å²) in [5.41, 5.74) is 1.15. The molecule has 0 unspecified atom stereocenters. The van der Waals surface area contributed by atoms with Gasteiger partial charge in [0.05, 0.1) is 11.9 Å². The van der Waals surface area contributed by atoms with Gasteiger partial charge < -0.3 is 19.5 Å². The Morgan fingerprint density at radius 2 is 1.84 bits per heavy atom. The molecule has 2 amide bonds.